The molecular formula is C66H69Br3. The monoisotopic (exact) mass is 1100 g/mol. The second-order valence-corrected chi connectivity index (χ2v) is 19.9. The molecular weight excluding hydrogens is 1030 g/mol. The number of halogens is 3. The van der Waals surface area contributed by atoms with Crippen LogP contribution in [0, 0.1) is 83.1 Å². The van der Waals surface area contributed by atoms with Crippen LogP contribution in [0.2, 0.25) is 0 Å². The molecule has 0 radical (unpaired) electrons. The van der Waals surface area contributed by atoms with Gasteiger partial charge in [-0.2, -0.15) is 0 Å². The lowest BCUT2D eigenvalue weighted by Crippen LogP contribution is -1.86. The van der Waals surface area contributed by atoms with Gasteiger partial charge in [0.1, 0.15) is 0 Å². The summed E-state index contributed by atoms with van der Waals surface area (Å²) in [6.07, 6.45) is 0. The van der Waals surface area contributed by atoms with Gasteiger partial charge in [0, 0.05) is 13.4 Å². The fourth-order valence-electron chi connectivity index (χ4n) is 8.01. The molecule has 0 spiro atoms. The predicted octanol–water partition coefficient (Wildman–Crippen LogP) is 21.1. The van der Waals surface area contributed by atoms with Crippen LogP contribution < -0.4 is 0 Å². The molecule has 0 aromatic heterocycles. The third-order valence-corrected chi connectivity index (χ3v) is 15.5. The molecule has 0 atom stereocenters. The highest BCUT2D eigenvalue weighted by atomic mass is 79.9. The standard InChI is InChI=1S/3C14H14.3C8H9Br/c3*1-11-7-6-8-12(2)14(11)13-9-4-3-5-10-13;3*1-6-4-3-5-7(2)8(6)9/h3*3-10H,1-2H3;3*3-5H,1-2H3. The van der Waals surface area contributed by atoms with Gasteiger partial charge in [0.2, 0.25) is 0 Å². The van der Waals surface area contributed by atoms with Gasteiger partial charge in [-0.25, -0.2) is 0 Å². The van der Waals surface area contributed by atoms with E-state index in [9.17, 15) is 0 Å². The Morgan fingerprint density at radius 3 is 0.464 bits per heavy atom. The van der Waals surface area contributed by atoms with Crippen molar-refractivity contribution in [2.45, 2.75) is 83.1 Å². The van der Waals surface area contributed by atoms with Crippen molar-refractivity contribution in [2.24, 2.45) is 0 Å². The van der Waals surface area contributed by atoms with Crippen LogP contribution in [0.3, 0.4) is 0 Å². The van der Waals surface area contributed by atoms with E-state index >= 15 is 0 Å². The van der Waals surface area contributed by atoms with Gasteiger partial charge >= 0.3 is 0 Å². The largest absolute Gasteiger partial charge is 0.0622 e. The predicted molar refractivity (Wildman–Crippen MR) is 315 cm³/mol. The van der Waals surface area contributed by atoms with Gasteiger partial charge in [0.25, 0.3) is 0 Å². The van der Waals surface area contributed by atoms with Crippen LogP contribution in [0.15, 0.2) is 214 Å². The van der Waals surface area contributed by atoms with Crippen molar-refractivity contribution in [3.63, 3.8) is 0 Å². The zero-order chi connectivity index (χ0) is 50.5. The van der Waals surface area contributed by atoms with Crippen LogP contribution in [0.1, 0.15) is 66.8 Å². The van der Waals surface area contributed by atoms with Crippen molar-refractivity contribution in [3.05, 3.63) is 280 Å². The highest BCUT2D eigenvalue weighted by Crippen LogP contribution is 2.29. The molecule has 354 valence electrons. The van der Waals surface area contributed by atoms with Crippen LogP contribution in [0.25, 0.3) is 33.4 Å². The zero-order valence-corrected chi connectivity index (χ0v) is 47.4. The Bertz CT molecular complexity index is 2520. The van der Waals surface area contributed by atoms with Crippen molar-refractivity contribution in [1.29, 1.82) is 0 Å². The Morgan fingerprint density at radius 1 is 0.174 bits per heavy atom. The van der Waals surface area contributed by atoms with E-state index in [4.69, 9.17) is 0 Å². The highest BCUT2D eigenvalue weighted by Gasteiger charge is 2.06. The van der Waals surface area contributed by atoms with E-state index in [0.717, 1.165) is 0 Å². The second kappa shape index (κ2) is 28.8. The molecule has 0 unspecified atom stereocenters. The topological polar surface area (TPSA) is 0 Å². The van der Waals surface area contributed by atoms with E-state index in [2.05, 4.69) is 331 Å². The first-order valence-corrected chi connectivity index (χ1v) is 25.9. The van der Waals surface area contributed by atoms with Gasteiger partial charge < -0.3 is 0 Å². The molecule has 0 N–H and O–H groups in total. The van der Waals surface area contributed by atoms with Crippen LogP contribution >= 0.6 is 47.8 Å². The summed E-state index contributed by atoms with van der Waals surface area (Å²) in [6, 6.07) is 69.7. The number of aryl methyl sites for hydroxylation is 12. The minimum absolute atomic E-state index is 1.23. The minimum Gasteiger partial charge on any atom is -0.0622 e. The van der Waals surface area contributed by atoms with Gasteiger partial charge in [0.05, 0.1) is 0 Å². The number of benzene rings is 9. The molecule has 0 heterocycles. The van der Waals surface area contributed by atoms with Crippen molar-refractivity contribution in [2.75, 3.05) is 0 Å². The lowest BCUT2D eigenvalue weighted by atomic mass is 9.96. The average Bonchev–Trinajstić information content (AvgIpc) is 3.34. The van der Waals surface area contributed by atoms with Crippen LogP contribution in [0.5, 0.6) is 0 Å². The molecule has 0 nitrogen and oxygen atoms in total. The number of hydrogen-bond acceptors (Lipinski definition) is 0. The summed E-state index contributed by atoms with van der Waals surface area (Å²) in [5.74, 6) is 0. The van der Waals surface area contributed by atoms with Crippen LogP contribution in [0.4, 0.5) is 0 Å². The first kappa shape index (κ1) is 56.0. The SMILES string of the molecule is Cc1cccc(C)c1-c1ccccc1.Cc1cccc(C)c1-c1ccccc1.Cc1cccc(C)c1-c1ccccc1.Cc1cccc(C)c1Br.Cc1cccc(C)c1Br.Cc1cccc(C)c1Br. The van der Waals surface area contributed by atoms with Gasteiger partial charge in [0.15, 0.2) is 0 Å². The lowest BCUT2D eigenvalue weighted by Gasteiger charge is -2.09. The molecule has 0 aliphatic rings. The number of hydrogen-bond donors (Lipinski definition) is 0. The molecule has 0 fully saturated rings. The van der Waals surface area contributed by atoms with E-state index < -0.39 is 0 Å². The quantitative estimate of drug-likeness (QED) is 0.165. The first-order valence-electron chi connectivity index (χ1n) is 23.5. The fourth-order valence-corrected chi connectivity index (χ4v) is 8.80. The third-order valence-electron chi connectivity index (χ3n) is 11.8. The fraction of sp³-hybridized carbons (Fsp3) is 0.182. The smallest absolute Gasteiger partial charge is 0.0233 e. The first-order chi connectivity index (χ1) is 33.0. The molecule has 9 aromatic carbocycles. The van der Waals surface area contributed by atoms with Crippen molar-refractivity contribution >= 4 is 47.8 Å². The van der Waals surface area contributed by atoms with Crippen LogP contribution in [-0.4, -0.2) is 0 Å². The Kier molecular flexibility index (Phi) is 23.4. The van der Waals surface area contributed by atoms with Crippen molar-refractivity contribution in [3.8, 4) is 33.4 Å². The molecule has 0 aliphatic heterocycles. The molecule has 0 saturated heterocycles. The van der Waals surface area contributed by atoms with E-state index in [1.165, 1.54) is 114 Å². The Hall–Kier alpha value is -5.58. The number of rotatable bonds is 3. The van der Waals surface area contributed by atoms with Crippen molar-refractivity contribution in [1.82, 2.24) is 0 Å². The van der Waals surface area contributed by atoms with Gasteiger partial charge in [-0.15, -0.1) is 0 Å². The third kappa shape index (κ3) is 17.4. The van der Waals surface area contributed by atoms with E-state index in [1.54, 1.807) is 0 Å². The normalized spacial score (nSPS) is 9.96. The maximum absolute atomic E-state index is 3.48. The summed E-state index contributed by atoms with van der Waals surface area (Å²) in [6.45, 7) is 25.5. The summed E-state index contributed by atoms with van der Waals surface area (Å²) >= 11 is 10.4. The zero-order valence-electron chi connectivity index (χ0n) is 42.7. The maximum atomic E-state index is 3.48. The minimum atomic E-state index is 1.23. The molecule has 9 aromatic rings. The molecule has 69 heavy (non-hydrogen) atoms. The molecule has 9 rings (SSSR count). The Morgan fingerprint density at radius 2 is 0.319 bits per heavy atom. The van der Waals surface area contributed by atoms with Gasteiger partial charge in [-0.3, -0.25) is 0 Å². The van der Waals surface area contributed by atoms with E-state index in [0.29, 0.717) is 0 Å². The summed E-state index contributed by atoms with van der Waals surface area (Å²) in [7, 11) is 0. The molecule has 3 heteroatoms. The highest BCUT2D eigenvalue weighted by molar-refractivity contribution is 9.11. The molecule has 0 bridgehead atoms. The molecule has 0 saturated carbocycles. The summed E-state index contributed by atoms with van der Waals surface area (Å²) in [4.78, 5) is 0. The van der Waals surface area contributed by atoms with E-state index in [-0.39, 0.29) is 0 Å². The Balaban J connectivity index is 0.000000183. The summed E-state index contributed by atoms with van der Waals surface area (Å²) in [5.41, 5.74) is 23.9. The van der Waals surface area contributed by atoms with E-state index in [1.807, 2.05) is 0 Å². The summed E-state index contributed by atoms with van der Waals surface area (Å²) < 4.78 is 3.68. The Labute approximate surface area is 441 Å². The van der Waals surface area contributed by atoms with Crippen molar-refractivity contribution < 1.29 is 0 Å². The second-order valence-electron chi connectivity index (χ2n) is 17.5. The maximum Gasteiger partial charge on any atom is 0.0233 e. The van der Waals surface area contributed by atoms with Gasteiger partial charge in [-0.1, -0.05) is 248 Å². The van der Waals surface area contributed by atoms with Crippen LogP contribution in [-0.2, 0) is 0 Å². The average molecular weight is 1100 g/mol. The molecule has 0 aliphatic carbocycles. The summed E-state index contributed by atoms with van der Waals surface area (Å²) in [5, 5.41) is 0. The van der Waals surface area contributed by atoms with Gasteiger partial charge in [-0.05, 0) is 183 Å². The molecule has 0 amide bonds. The lowest BCUT2D eigenvalue weighted by molar-refractivity contribution is 1.34.